The zero-order valence-corrected chi connectivity index (χ0v) is 11.9. The molecule has 2 N–H and O–H groups in total. The molecule has 0 radical (unpaired) electrons. The van der Waals surface area contributed by atoms with Gasteiger partial charge < -0.3 is 14.8 Å². The molecule has 4 fully saturated rings. The minimum Gasteiger partial charge on any atom is -0.465 e. The quantitative estimate of drug-likeness (QED) is 0.877. The van der Waals surface area contributed by atoms with Gasteiger partial charge in [-0.05, 0) is 32.1 Å². The topological polar surface area (TPSA) is 97.5 Å². The number of alkyl halides is 3. The van der Waals surface area contributed by atoms with E-state index in [9.17, 15) is 18.0 Å². The summed E-state index contributed by atoms with van der Waals surface area (Å²) < 4.78 is 45.8. The van der Waals surface area contributed by atoms with Crippen LogP contribution in [0.3, 0.4) is 0 Å². The van der Waals surface area contributed by atoms with Gasteiger partial charge in [-0.1, -0.05) is 0 Å². The highest BCUT2D eigenvalue weighted by Gasteiger charge is 2.72. The largest absolute Gasteiger partial charge is 0.522 e. The standard InChI is InChI=1S/C13H14F3N3O4/c14-13(15,16)23-7-1-6(2-7)8-18-19-9(22-8)11-3-12(4-11,5-11)17-10(20)21/h6-7,17H,1-5H2,(H,20,21). The van der Waals surface area contributed by atoms with Crippen LogP contribution < -0.4 is 5.32 Å². The molecule has 0 aromatic carbocycles. The average molecular weight is 333 g/mol. The molecule has 126 valence electrons. The van der Waals surface area contributed by atoms with E-state index in [-0.39, 0.29) is 29.7 Å². The van der Waals surface area contributed by atoms with E-state index in [0.29, 0.717) is 31.0 Å². The number of halogens is 3. The predicted octanol–water partition coefficient (Wildman–Crippen LogP) is 2.29. The van der Waals surface area contributed by atoms with Gasteiger partial charge in [0.2, 0.25) is 11.8 Å². The van der Waals surface area contributed by atoms with Gasteiger partial charge in [0.05, 0.1) is 11.5 Å². The van der Waals surface area contributed by atoms with Crippen LogP contribution in [0.4, 0.5) is 18.0 Å². The second-order valence-electron chi connectivity index (χ2n) is 6.82. The van der Waals surface area contributed by atoms with Crippen LogP contribution in [0, 0.1) is 0 Å². The molecular formula is C13H14F3N3O4. The van der Waals surface area contributed by atoms with E-state index in [0.717, 1.165) is 0 Å². The minimum absolute atomic E-state index is 0.206. The number of ether oxygens (including phenoxy) is 1. The zero-order chi connectivity index (χ0) is 16.5. The summed E-state index contributed by atoms with van der Waals surface area (Å²) in [5.74, 6) is 0.593. The van der Waals surface area contributed by atoms with Crippen molar-refractivity contribution < 1.29 is 32.2 Å². The van der Waals surface area contributed by atoms with Crippen molar-refractivity contribution in [1.82, 2.24) is 15.5 Å². The molecule has 5 rings (SSSR count). The van der Waals surface area contributed by atoms with Crippen molar-refractivity contribution in [1.29, 1.82) is 0 Å². The zero-order valence-electron chi connectivity index (χ0n) is 11.9. The van der Waals surface area contributed by atoms with Crippen molar-refractivity contribution in [2.45, 2.75) is 61.4 Å². The van der Waals surface area contributed by atoms with Crippen LogP contribution in [-0.2, 0) is 10.2 Å². The van der Waals surface area contributed by atoms with Crippen molar-refractivity contribution in [3.05, 3.63) is 11.8 Å². The lowest BCUT2D eigenvalue weighted by atomic mass is 9.39. The summed E-state index contributed by atoms with van der Waals surface area (Å²) in [6.07, 6.45) is -4.23. The van der Waals surface area contributed by atoms with Crippen molar-refractivity contribution in [2.24, 2.45) is 0 Å². The molecule has 0 unspecified atom stereocenters. The molecule has 10 heteroatoms. The van der Waals surface area contributed by atoms with E-state index in [1.165, 1.54) is 0 Å². The number of carbonyl (C=O) groups is 1. The molecule has 4 saturated carbocycles. The van der Waals surface area contributed by atoms with Gasteiger partial charge in [0, 0.05) is 11.5 Å². The molecule has 0 aliphatic heterocycles. The normalized spacial score (nSPS) is 38.2. The summed E-state index contributed by atoms with van der Waals surface area (Å²) in [4.78, 5) is 10.7. The number of carboxylic acid groups (broad SMARTS) is 1. The Kier molecular flexibility index (Phi) is 2.80. The van der Waals surface area contributed by atoms with Gasteiger partial charge in [-0.2, -0.15) is 0 Å². The summed E-state index contributed by atoms with van der Waals surface area (Å²) in [6, 6.07) is 0. The summed E-state index contributed by atoms with van der Waals surface area (Å²) in [7, 11) is 0. The smallest absolute Gasteiger partial charge is 0.465 e. The van der Waals surface area contributed by atoms with E-state index in [2.05, 4.69) is 20.3 Å². The minimum atomic E-state index is -4.62. The maximum absolute atomic E-state index is 12.1. The summed E-state index contributed by atoms with van der Waals surface area (Å²) in [5.41, 5.74) is -0.637. The predicted molar refractivity (Wildman–Crippen MR) is 66.6 cm³/mol. The number of aromatic nitrogens is 2. The lowest BCUT2D eigenvalue weighted by Gasteiger charge is -2.68. The SMILES string of the molecule is O=C(O)NC12CC(c3nnc(C4CC(OC(F)(F)F)C4)o3)(C1)C2. The fourth-order valence-corrected chi connectivity index (χ4v) is 4.04. The van der Waals surface area contributed by atoms with Gasteiger partial charge in [-0.25, -0.2) is 4.79 Å². The van der Waals surface area contributed by atoms with Crippen molar-refractivity contribution in [2.75, 3.05) is 0 Å². The van der Waals surface area contributed by atoms with Crippen LogP contribution in [0.5, 0.6) is 0 Å². The first-order chi connectivity index (χ1) is 10.7. The number of hydrogen-bond acceptors (Lipinski definition) is 5. The molecule has 1 aromatic heterocycles. The van der Waals surface area contributed by atoms with Crippen LogP contribution in [0.1, 0.15) is 49.8 Å². The van der Waals surface area contributed by atoms with Crippen LogP contribution in [0.25, 0.3) is 0 Å². The molecule has 4 aliphatic rings. The highest BCUT2D eigenvalue weighted by atomic mass is 19.4. The number of hydrogen-bond donors (Lipinski definition) is 2. The number of rotatable bonds is 4. The lowest BCUT2D eigenvalue weighted by molar-refractivity contribution is -0.352. The maximum atomic E-state index is 12.1. The van der Waals surface area contributed by atoms with Gasteiger partial charge in [0.25, 0.3) is 0 Å². The van der Waals surface area contributed by atoms with Crippen LogP contribution in [0.15, 0.2) is 4.42 Å². The number of nitrogens with zero attached hydrogens (tertiary/aromatic N) is 2. The molecule has 0 saturated heterocycles. The first-order valence-electron chi connectivity index (χ1n) is 7.28. The second-order valence-corrected chi connectivity index (χ2v) is 6.82. The third-order valence-electron chi connectivity index (χ3n) is 5.04. The molecule has 1 aromatic rings. The van der Waals surface area contributed by atoms with Crippen LogP contribution >= 0.6 is 0 Å². The van der Waals surface area contributed by atoms with Gasteiger partial charge >= 0.3 is 12.5 Å². The van der Waals surface area contributed by atoms with Gasteiger partial charge in [0.15, 0.2) is 0 Å². The Bertz CT molecular complexity index is 633. The van der Waals surface area contributed by atoms with Crippen LogP contribution in [0.2, 0.25) is 0 Å². The van der Waals surface area contributed by atoms with E-state index >= 15 is 0 Å². The van der Waals surface area contributed by atoms with E-state index in [4.69, 9.17) is 9.52 Å². The first kappa shape index (κ1) is 14.7. The van der Waals surface area contributed by atoms with E-state index < -0.39 is 18.6 Å². The molecule has 0 spiro atoms. The molecule has 1 heterocycles. The maximum Gasteiger partial charge on any atom is 0.522 e. The Morgan fingerprint density at radius 2 is 1.96 bits per heavy atom. The lowest BCUT2D eigenvalue weighted by Crippen LogP contribution is -2.76. The molecule has 7 nitrogen and oxygen atoms in total. The van der Waals surface area contributed by atoms with Crippen molar-refractivity contribution in [3.8, 4) is 0 Å². The number of nitrogens with one attached hydrogen (secondary N) is 1. The fraction of sp³-hybridized carbons (Fsp3) is 0.769. The molecule has 23 heavy (non-hydrogen) atoms. The third-order valence-corrected chi connectivity index (χ3v) is 5.04. The monoisotopic (exact) mass is 333 g/mol. The van der Waals surface area contributed by atoms with E-state index in [1.807, 2.05) is 0 Å². The second kappa shape index (κ2) is 4.37. The van der Waals surface area contributed by atoms with Crippen molar-refractivity contribution in [3.63, 3.8) is 0 Å². The van der Waals surface area contributed by atoms with Gasteiger partial charge in [0.1, 0.15) is 0 Å². The van der Waals surface area contributed by atoms with Gasteiger partial charge in [-0.15, -0.1) is 23.4 Å². The average Bonchev–Trinajstić information content (AvgIpc) is 2.73. The van der Waals surface area contributed by atoms with Gasteiger partial charge in [-0.3, -0.25) is 4.74 Å². The molecule has 2 bridgehead atoms. The number of amides is 1. The highest BCUT2D eigenvalue weighted by Crippen LogP contribution is 2.67. The highest BCUT2D eigenvalue weighted by molar-refractivity contribution is 5.67. The summed E-state index contributed by atoms with van der Waals surface area (Å²) >= 11 is 0. The molecule has 1 amide bonds. The fourth-order valence-electron chi connectivity index (χ4n) is 4.04. The van der Waals surface area contributed by atoms with Crippen LogP contribution in [-0.4, -0.2) is 39.4 Å². The Morgan fingerprint density at radius 1 is 1.30 bits per heavy atom. The first-order valence-corrected chi connectivity index (χ1v) is 7.28. The third kappa shape index (κ3) is 2.35. The molecular weight excluding hydrogens is 319 g/mol. The van der Waals surface area contributed by atoms with Crippen molar-refractivity contribution >= 4 is 6.09 Å². The molecule has 4 aliphatic carbocycles. The Hall–Kier alpha value is -1.84. The molecule has 0 atom stereocenters. The summed E-state index contributed by atoms with van der Waals surface area (Å²) in [5, 5.41) is 19.2. The van der Waals surface area contributed by atoms with E-state index in [1.54, 1.807) is 0 Å². The Balaban J connectivity index is 1.33. The Labute approximate surface area is 128 Å². The summed E-state index contributed by atoms with van der Waals surface area (Å²) in [6.45, 7) is 0. The Morgan fingerprint density at radius 3 is 2.52 bits per heavy atom.